The van der Waals surface area contributed by atoms with Gasteiger partial charge in [-0.05, 0) is 55.0 Å². The van der Waals surface area contributed by atoms with Gasteiger partial charge in [-0.3, -0.25) is 4.79 Å². The largest absolute Gasteiger partial charge is 0.497 e. The third kappa shape index (κ3) is 5.01. The number of carbonyl (C=O) groups is 1. The molecule has 0 saturated heterocycles. The quantitative estimate of drug-likeness (QED) is 0.561. The summed E-state index contributed by atoms with van der Waals surface area (Å²) in [5.41, 5.74) is 0.904. The molecule has 30 heavy (non-hydrogen) atoms. The van der Waals surface area contributed by atoms with E-state index in [1.165, 1.54) is 25.5 Å². The van der Waals surface area contributed by atoms with Gasteiger partial charge in [0.2, 0.25) is 0 Å². The van der Waals surface area contributed by atoms with Gasteiger partial charge in [-0.15, -0.1) is 0 Å². The lowest BCUT2D eigenvalue weighted by atomic mass is 10.2. The Hall–Kier alpha value is -3.26. The van der Waals surface area contributed by atoms with E-state index in [1.807, 2.05) is 25.1 Å². The van der Waals surface area contributed by atoms with E-state index in [-0.39, 0.29) is 23.8 Å². The molecular formula is C22H23NO6S. The lowest BCUT2D eigenvalue weighted by Crippen LogP contribution is -2.34. The minimum Gasteiger partial charge on any atom is -0.497 e. The average molecular weight is 429 g/mol. The van der Waals surface area contributed by atoms with Crippen molar-refractivity contribution in [3.8, 4) is 11.5 Å². The Balaban J connectivity index is 1.71. The molecule has 0 spiro atoms. The van der Waals surface area contributed by atoms with Crippen LogP contribution in [-0.4, -0.2) is 34.6 Å². The summed E-state index contributed by atoms with van der Waals surface area (Å²) in [7, 11) is -2.32. The van der Waals surface area contributed by atoms with Gasteiger partial charge < -0.3 is 19.2 Å². The van der Waals surface area contributed by atoms with Gasteiger partial charge in [0, 0.05) is 6.54 Å². The maximum atomic E-state index is 13.2. The highest BCUT2D eigenvalue weighted by molar-refractivity contribution is 7.91. The minimum atomic E-state index is -3.82. The molecule has 0 aliphatic heterocycles. The van der Waals surface area contributed by atoms with Crippen molar-refractivity contribution in [3.63, 3.8) is 0 Å². The van der Waals surface area contributed by atoms with Crippen LogP contribution < -0.4 is 14.8 Å². The monoisotopic (exact) mass is 429 g/mol. The van der Waals surface area contributed by atoms with Crippen LogP contribution in [0.1, 0.15) is 16.6 Å². The number of nitrogens with one attached hydrogen (secondary N) is 1. The van der Waals surface area contributed by atoms with Gasteiger partial charge in [0.1, 0.15) is 22.5 Å². The van der Waals surface area contributed by atoms with E-state index >= 15 is 0 Å². The van der Waals surface area contributed by atoms with Crippen LogP contribution in [0.5, 0.6) is 11.5 Å². The molecule has 0 radical (unpaired) electrons. The number of rotatable bonds is 9. The van der Waals surface area contributed by atoms with Crippen molar-refractivity contribution in [1.82, 2.24) is 5.32 Å². The first-order valence-electron chi connectivity index (χ1n) is 9.28. The van der Waals surface area contributed by atoms with Gasteiger partial charge in [0.05, 0.1) is 18.3 Å². The number of benzene rings is 2. The fraction of sp³-hybridized carbons (Fsp3) is 0.227. The lowest BCUT2D eigenvalue weighted by molar-refractivity contribution is -0.123. The van der Waals surface area contributed by atoms with E-state index in [1.54, 1.807) is 30.3 Å². The Kier molecular flexibility index (Phi) is 6.79. The zero-order valence-corrected chi connectivity index (χ0v) is 17.5. The van der Waals surface area contributed by atoms with Gasteiger partial charge in [0.25, 0.3) is 5.91 Å². The second-order valence-electron chi connectivity index (χ2n) is 6.58. The summed E-state index contributed by atoms with van der Waals surface area (Å²) >= 11 is 0. The van der Waals surface area contributed by atoms with Crippen molar-refractivity contribution in [1.29, 1.82) is 0 Å². The Labute approximate surface area is 175 Å². The Bertz CT molecular complexity index is 1080. The van der Waals surface area contributed by atoms with Crippen LogP contribution in [-0.2, 0) is 14.6 Å². The number of para-hydroxylation sites is 1. The molecule has 2 aromatic carbocycles. The van der Waals surface area contributed by atoms with Gasteiger partial charge in [-0.25, -0.2) is 8.42 Å². The molecule has 0 aliphatic carbocycles. The molecule has 0 unspecified atom stereocenters. The maximum absolute atomic E-state index is 13.2. The Morgan fingerprint density at radius 3 is 2.43 bits per heavy atom. The van der Waals surface area contributed by atoms with Crippen molar-refractivity contribution in [2.75, 3.05) is 20.3 Å². The molecule has 158 valence electrons. The van der Waals surface area contributed by atoms with Crippen LogP contribution in [0, 0.1) is 6.92 Å². The molecule has 7 nitrogen and oxygen atoms in total. The topological polar surface area (TPSA) is 94.8 Å². The Morgan fingerprint density at radius 1 is 1.07 bits per heavy atom. The van der Waals surface area contributed by atoms with Crippen molar-refractivity contribution in [3.05, 3.63) is 78.3 Å². The molecule has 1 N–H and O–H groups in total. The van der Waals surface area contributed by atoms with Crippen LogP contribution in [0.2, 0.25) is 0 Å². The van der Waals surface area contributed by atoms with Crippen molar-refractivity contribution in [2.24, 2.45) is 0 Å². The smallest absolute Gasteiger partial charge is 0.257 e. The predicted molar refractivity (Wildman–Crippen MR) is 111 cm³/mol. The fourth-order valence-electron chi connectivity index (χ4n) is 2.89. The first-order valence-corrected chi connectivity index (χ1v) is 10.8. The number of ether oxygens (including phenoxy) is 2. The molecule has 0 bridgehead atoms. The third-order valence-electron chi connectivity index (χ3n) is 4.56. The van der Waals surface area contributed by atoms with Gasteiger partial charge in [-0.1, -0.05) is 18.2 Å². The second-order valence-corrected chi connectivity index (χ2v) is 8.71. The van der Waals surface area contributed by atoms with Crippen molar-refractivity contribution >= 4 is 15.7 Å². The highest BCUT2D eigenvalue weighted by Gasteiger charge is 2.32. The molecule has 0 aliphatic rings. The van der Waals surface area contributed by atoms with E-state index in [2.05, 4.69) is 5.32 Å². The summed E-state index contributed by atoms with van der Waals surface area (Å²) in [6.45, 7) is 1.50. The minimum absolute atomic E-state index is 0.107. The number of hydrogen-bond donors (Lipinski definition) is 1. The van der Waals surface area contributed by atoms with Crippen LogP contribution in [0.25, 0.3) is 0 Å². The molecule has 1 atom stereocenters. The molecular weight excluding hydrogens is 406 g/mol. The first kappa shape index (κ1) is 21.4. The molecule has 1 aromatic heterocycles. The molecule has 3 aromatic rings. The maximum Gasteiger partial charge on any atom is 0.257 e. The van der Waals surface area contributed by atoms with Crippen molar-refractivity contribution in [2.45, 2.75) is 17.1 Å². The van der Waals surface area contributed by atoms with Crippen LogP contribution in [0.4, 0.5) is 0 Å². The molecule has 0 fully saturated rings. The number of furan rings is 1. The van der Waals surface area contributed by atoms with Gasteiger partial charge in [0.15, 0.2) is 16.4 Å². The zero-order valence-electron chi connectivity index (χ0n) is 16.7. The summed E-state index contributed by atoms with van der Waals surface area (Å²) < 4.78 is 42.3. The molecule has 8 heteroatoms. The number of hydrogen-bond acceptors (Lipinski definition) is 6. The number of sulfone groups is 1. The van der Waals surface area contributed by atoms with E-state index in [4.69, 9.17) is 13.9 Å². The van der Waals surface area contributed by atoms with E-state index in [9.17, 15) is 13.2 Å². The highest BCUT2D eigenvalue weighted by Crippen LogP contribution is 2.30. The van der Waals surface area contributed by atoms with Gasteiger partial charge >= 0.3 is 0 Å². The summed E-state index contributed by atoms with van der Waals surface area (Å²) in [6.07, 6.45) is 1.40. The second kappa shape index (κ2) is 9.49. The molecule has 1 heterocycles. The van der Waals surface area contributed by atoms with Crippen LogP contribution in [0.15, 0.2) is 76.2 Å². The third-order valence-corrected chi connectivity index (χ3v) is 6.64. The first-order chi connectivity index (χ1) is 14.4. The van der Waals surface area contributed by atoms with E-state index < -0.39 is 21.0 Å². The fourth-order valence-corrected chi connectivity index (χ4v) is 4.47. The van der Waals surface area contributed by atoms with E-state index in [0.29, 0.717) is 11.5 Å². The number of methoxy groups -OCH3 is 1. The zero-order chi connectivity index (χ0) is 21.6. The van der Waals surface area contributed by atoms with Crippen LogP contribution >= 0.6 is 0 Å². The van der Waals surface area contributed by atoms with Gasteiger partial charge in [-0.2, -0.15) is 0 Å². The standard InChI is InChI=1S/C22H23NO6S/c1-16-6-3-4-7-19(16)29-15-22(24)23-14-21(20-8-5-13-28-20)30(25,26)18-11-9-17(27-2)10-12-18/h3-13,21H,14-15H2,1-2H3,(H,23,24)/t21-/m0/s1. The Morgan fingerprint density at radius 2 is 1.80 bits per heavy atom. The normalized spacial score (nSPS) is 12.2. The predicted octanol–water partition coefficient (Wildman–Crippen LogP) is 3.31. The number of amides is 1. The number of carbonyl (C=O) groups excluding carboxylic acids is 1. The molecule has 3 rings (SSSR count). The summed E-state index contributed by atoms with van der Waals surface area (Å²) in [5, 5.41) is 1.55. The van der Waals surface area contributed by atoms with Crippen molar-refractivity contribution < 1.29 is 27.1 Å². The van der Waals surface area contributed by atoms with Crippen LogP contribution in [0.3, 0.4) is 0 Å². The summed E-state index contributed by atoms with van der Waals surface area (Å²) in [6, 6.07) is 16.6. The molecule has 1 amide bonds. The lowest BCUT2D eigenvalue weighted by Gasteiger charge is -2.17. The molecule has 0 saturated carbocycles. The summed E-state index contributed by atoms with van der Waals surface area (Å²) in [4.78, 5) is 12.4. The highest BCUT2D eigenvalue weighted by atomic mass is 32.2. The SMILES string of the molecule is COc1ccc(S(=O)(=O)[C@@H](CNC(=O)COc2ccccc2C)c2ccco2)cc1. The average Bonchev–Trinajstić information content (AvgIpc) is 3.27. The number of aryl methyl sites for hydroxylation is 1. The van der Waals surface area contributed by atoms with E-state index in [0.717, 1.165) is 5.56 Å². The summed E-state index contributed by atoms with van der Waals surface area (Å²) in [5.74, 6) is 0.955.